The van der Waals surface area contributed by atoms with Gasteiger partial charge in [0.1, 0.15) is 0 Å². The molecule has 0 unspecified atom stereocenters. The van der Waals surface area contributed by atoms with Gasteiger partial charge in [0.15, 0.2) is 10.2 Å². The zero-order chi connectivity index (χ0) is 18.2. The molecule has 3 fully saturated rings. The van der Waals surface area contributed by atoms with Gasteiger partial charge in [0, 0.05) is 26.2 Å². The fraction of sp³-hybridized carbons (Fsp3) is 0.750. The summed E-state index contributed by atoms with van der Waals surface area (Å²) in [5.41, 5.74) is 7.95. The van der Waals surface area contributed by atoms with Gasteiger partial charge >= 0.3 is 0 Å². The molecule has 3 aliphatic rings. The molecular formula is C16H26N6O2S2. The molecule has 0 amide bonds. The van der Waals surface area contributed by atoms with Crippen molar-refractivity contribution >= 4 is 46.1 Å². The van der Waals surface area contributed by atoms with Gasteiger partial charge in [0.25, 0.3) is 0 Å². The molecule has 144 valence electrons. The minimum atomic E-state index is 0.641. The Labute approximate surface area is 164 Å². The van der Waals surface area contributed by atoms with Crippen LogP contribution in [0.4, 0.5) is 0 Å². The molecule has 0 aromatic heterocycles. The van der Waals surface area contributed by atoms with Crippen LogP contribution in [0.25, 0.3) is 0 Å². The lowest BCUT2D eigenvalue weighted by molar-refractivity contribution is 0.0677. The van der Waals surface area contributed by atoms with E-state index in [9.17, 15) is 0 Å². The summed E-state index contributed by atoms with van der Waals surface area (Å²) in [5, 5.41) is 10.3. The molecule has 0 aromatic rings. The Hall–Kier alpha value is -1.36. The van der Waals surface area contributed by atoms with Crippen LogP contribution < -0.4 is 10.9 Å². The van der Waals surface area contributed by atoms with Crippen molar-refractivity contribution in [1.82, 2.24) is 20.7 Å². The summed E-state index contributed by atoms with van der Waals surface area (Å²) in [6.45, 7) is 6.00. The van der Waals surface area contributed by atoms with E-state index >= 15 is 0 Å². The van der Waals surface area contributed by atoms with Crippen molar-refractivity contribution in [3.63, 3.8) is 0 Å². The van der Waals surface area contributed by atoms with E-state index in [2.05, 4.69) is 30.9 Å². The molecule has 2 heterocycles. The molecule has 2 saturated heterocycles. The lowest BCUT2D eigenvalue weighted by atomic mass is 9.96. The van der Waals surface area contributed by atoms with E-state index in [1.165, 1.54) is 0 Å². The maximum absolute atomic E-state index is 5.43. The summed E-state index contributed by atoms with van der Waals surface area (Å²) < 4.78 is 10.7. The molecule has 2 aliphatic heterocycles. The Bertz CT molecular complexity index is 521. The first kappa shape index (κ1) is 19.4. The second-order valence-electron chi connectivity index (χ2n) is 6.36. The van der Waals surface area contributed by atoms with Gasteiger partial charge < -0.3 is 19.3 Å². The van der Waals surface area contributed by atoms with Gasteiger partial charge in [-0.25, -0.2) is 0 Å². The number of hydrogen-bond donors (Lipinski definition) is 2. The fourth-order valence-corrected chi connectivity index (χ4v) is 3.48. The summed E-state index contributed by atoms with van der Waals surface area (Å²) in [7, 11) is 0. The summed E-state index contributed by atoms with van der Waals surface area (Å²) in [4.78, 5) is 4.16. The first-order chi connectivity index (χ1) is 12.7. The van der Waals surface area contributed by atoms with Gasteiger partial charge in [-0.15, -0.1) is 0 Å². The molecule has 8 nitrogen and oxygen atoms in total. The van der Waals surface area contributed by atoms with Gasteiger partial charge in [0.2, 0.25) is 0 Å². The van der Waals surface area contributed by atoms with Crippen LogP contribution in [-0.4, -0.2) is 84.1 Å². The molecule has 0 bridgehead atoms. The number of rotatable bonds is 2. The van der Waals surface area contributed by atoms with Crippen LogP contribution in [0.5, 0.6) is 0 Å². The molecule has 0 aromatic carbocycles. The molecule has 0 atom stereocenters. The highest BCUT2D eigenvalue weighted by Crippen LogP contribution is 2.13. The molecule has 3 rings (SSSR count). The maximum atomic E-state index is 5.43. The van der Waals surface area contributed by atoms with E-state index in [0.717, 1.165) is 63.3 Å². The van der Waals surface area contributed by atoms with E-state index in [4.69, 9.17) is 33.9 Å². The Morgan fingerprint density at radius 1 is 0.731 bits per heavy atom. The third kappa shape index (κ3) is 5.57. The van der Waals surface area contributed by atoms with Crippen LogP contribution in [0.15, 0.2) is 10.2 Å². The minimum absolute atomic E-state index is 0.641. The smallest absolute Gasteiger partial charge is 0.189 e. The number of nitrogens with one attached hydrogen (secondary N) is 2. The van der Waals surface area contributed by atoms with Gasteiger partial charge in [-0.3, -0.25) is 10.9 Å². The van der Waals surface area contributed by atoms with Crippen LogP contribution in [0.3, 0.4) is 0 Å². The predicted octanol–water partition coefficient (Wildman–Crippen LogP) is 0.686. The monoisotopic (exact) mass is 398 g/mol. The van der Waals surface area contributed by atoms with Crippen LogP contribution in [0.2, 0.25) is 0 Å². The largest absolute Gasteiger partial charge is 0.378 e. The highest BCUT2D eigenvalue weighted by atomic mass is 32.1. The number of nitrogens with zero attached hydrogens (tertiary/aromatic N) is 4. The number of hydrogen-bond acceptors (Lipinski definition) is 6. The van der Waals surface area contributed by atoms with E-state index < -0.39 is 0 Å². The maximum Gasteiger partial charge on any atom is 0.189 e. The van der Waals surface area contributed by atoms with Crippen molar-refractivity contribution in [3.05, 3.63) is 0 Å². The normalized spacial score (nSPS) is 24.6. The first-order valence-electron chi connectivity index (χ1n) is 9.13. The van der Waals surface area contributed by atoms with Crippen molar-refractivity contribution in [1.29, 1.82) is 0 Å². The number of morpholine rings is 2. The Balaban J connectivity index is 1.55. The highest BCUT2D eigenvalue weighted by molar-refractivity contribution is 7.80. The van der Waals surface area contributed by atoms with E-state index in [-0.39, 0.29) is 0 Å². The Morgan fingerprint density at radius 2 is 1.12 bits per heavy atom. The molecule has 10 heteroatoms. The van der Waals surface area contributed by atoms with Gasteiger partial charge in [0.05, 0.1) is 37.9 Å². The van der Waals surface area contributed by atoms with Gasteiger partial charge in [-0.05, 0) is 50.1 Å². The van der Waals surface area contributed by atoms with Crippen LogP contribution >= 0.6 is 24.4 Å². The summed E-state index contributed by atoms with van der Waals surface area (Å²) in [6.07, 6.45) is 4.00. The summed E-state index contributed by atoms with van der Waals surface area (Å²) >= 11 is 10.9. The average Bonchev–Trinajstić information content (AvgIpc) is 2.72. The van der Waals surface area contributed by atoms with Crippen molar-refractivity contribution in [3.8, 4) is 0 Å². The lowest BCUT2D eigenvalue weighted by Crippen LogP contribution is -2.45. The van der Waals surface area contributed by atoms with E-state index in [1.807, 2.05) is 0 Å². The Morgan fingerprint density at radius 3 is 1.50 bits per heavy atom. The number of hydrazone groups is 2. The van der Waals surface area contributed by atoms with Crippen LogP contribution in [-0.2, 0) is 9.47 Å². The van der Waals surface area contributed by atoms with E-state index in [1.54, 1.807) is 0 Å². The van der Waals surface area contributed by atoms with Crippen molar-refractivity contribution in [2.24, 2.45) is 10.2 Å². The zero-order valence-electron chi connectivity index (χ0n) is 14.9. The standard InChI is InChI=1S/C16H26N6O2S2/c25-15(21-5-9-23-10-6-21)19-17-13-3-1-2-4-14(13)18-20-16(26)22-7-11-24-12-8-22/h1-12H2,(H,19,25)(H,20,26)/b17-13-,18-14?. The molecule has 1 saturated carbocycles. The molecule has 2 N–H and O–H groups in total. The third-order valence-electron chi connectivity index (χ3n) is 4.58. The molecule has 26 heavy (non-hydrogen) atoms. The topological polar surface area (TPSA) is 73.7 Å². The second kappa shape index (κ2) is 10.1. The quantitative estimate of drug-likeness (QED) is 0.520. The van der Waals surface area contributed by atoms with Crippen LogP contribution in [0, 0.1) is 0 Å². The van der Waals surface area contributed by atoms with Crippen molar-refractivity contribution in [2.75, 3.05) is 52.6 Å². The van der Waals surface area contributed by atoms with Crippen molar-refractivity contribution in [2.45, 2.75) is 25.7 Å². The number of ether oxygens (including phenoxy) is 2. The summed E-state index contributed by atoms with van der Waals surface area (Å²) in [6, 6.07) is 0. The SMILES string of the molecule is S=C(NN=C1CCCC/C1=N/NC(=S)N1CCOCC1)N1CCOCC1. The third-order valence-corrected chi connectivity index (χ3v) is 5.28. The molecule has 1 aliphatic carbocycles. The van der Waals surface area contributed by atoms with Gasteiger partial charge in [-0.2, -0.15) is 10.2 Å². The second-order valence-corrected chi connectivity index (χ2v) is 7.13. The highest BCUT2D eigenvalue weighted by Gasteiger charge is 2.18. The minimum Gasteiger partial charge on any atom is -0.378 e. The molecular weight excluding hydrogens is 372 g/mol. The number of thiocarbonyl (C=S) groups is 2. The van der Waals surface area contributed by atoms with E-state index in [0.29, 0.717) is 36.7 Å². The average molecular weight is 399 g/mol. The lowest BCUT2D eigenvalue weighted by Gasteiger charge is -2.29. The van der Waals surface area contributed by atoms with Gasteiger partial charge in [-0.1, -0.05) is 0 Å². The molecule has 0 radical (unpaired) electrons. The fourth-order valence-electron chi connectivity index (χ4n) is 3.02. The zero-order valence-corrected chi connectivity index (χ0v) is 16.5. The summed E-state index contributed by atoms with van der Waals surface area (Å²) in [5.74, 6) is 0. The molecule has 0 spiro atoms. The first-order valence-corrected chi connectivity index (χ1v) is 9.94. The Kier molecular flexibility index (Phi) is 7.54. The predicted molar refractivity (Wildman–Crippen MR) is 110 cm³/mol. The van der Waals surface area contributed by atoms with Crippen molar-refractivity contribution < 1.29 is 9.47 Å². The van der Waals surface area contributed by atoms with Crippen LogP contribution in [0.1, 0.15) is 25.7 Å².